The van der Waals surface area contributed by atoms with Crippen LogP contribution in [-0.4, -0.2) is 15.2 Å². The van der Waals surface area contributed by atoms with E-state index in [1.807, 2.05) is 0 Å². The van der Waals surface area contributed by atoms with Gasteiger partial charge in [-0.3, -0.25) is 4.79 Å². The SMILES string of the molecule is O=c1cc(Cc2c(F)cccc2F)nc(SC2CCCC2)[nH]1. The molecule has 1 aromatic heterocycles. The van der Waals surface area contributed by atoms with Crippen molar-refractivity contribution >= 4 is 11.8 Å². The first-order valence-electron chi connectivity index (χ1n) is 7.31. The highest BCUT2D eigenvalue weighted by atomic mass is 32.2. The second kappa shape index (κ2) is 6.60. The summed E-state index contributed by atoms with van der Waals surface area (Å²) >= 11 is 1.54. The van der Waals surface area contributed by atoms with Crippen molar-refractivity contribution in [2.24, 2.45) is 0 Å². The molecule has 3 rings (SSSR count). The molecule has 0 bridgehead atoms. The van der Waals surface area contributed by atoms with Crippen molar-refractivity contribution in [3.05, 3.63) is 57.5 Å². The Morgan fingerprint density at radius 2 is 1.91 bits per heavy atom. The van der Waals surface area contributed by atoms with Crippen molar-refractivity contribution < 1.29 is 8.78 Å². The smallest absolute Gasteiger partial charge is 0.251 e. The molecule has 1 aliphatic carbocycles. The lowest BCUT2D eigenvalue weighted by Crippen LogP contribution is -2.12. The molecule has 1 aliphatic rings. The van der Waals surface area contributed by atoms with Gasteiger partial charge in [-0.1, -0.05) is 30.7 Å². The number of nitrogens with one attached hydrogen (secondary N) is 1. The Morgan fingerprint density at radius 1 is 1.23 bits per heavy atom. The van der Waals surface area contributed by atoms with Crippen molar-refractivity contribution in [1.29, 1.82) is 0 Å². The molecule has 6 heteroatoms. The van der Waals surface area contributed by atoms with Crippen LogP contribution in [0, 0.1) is 11.6 Å². The van der Waals surface area contributed by atoms with Crippen LogP contribution in [-0.2, 0) is 6.42 Å². The second-order valence-corrected chi connectivity index (χ2v) is 6.73. The lowest BCUT2D eigenvalue weighted by molar-refractivity contribution is 0.559. The van der Waals surface area contributed by atoms with Gasteiger partial charge in [-0.2, -0.15) is 0 Å². The molecule has 0 saturated heterocycles. The van der Waals surface area contributed by atoms with E-state index in [0.717, 1.165) is 12.8 Å². The normalized spacial score (nSPS) is 15.4. The molecule has 1 saturated carbocycles. The molecule has 0 aliphatic heterocycles. The summed E-state index contributed by atoms with van der Waals surface area (Å²) in [4.78, 5) is 18.8. The number of rotatable bonds is 4. The molecule has 0 atom stereocenters. The van der Waals surface area contributed by atoms with Gasteiger partial charge in [0.1, 0.15) is 11.6 Å². The van der Waals surface area contributed by atoms with Gasteiger partial charge >= 0.3 is 0 Å². The fourth-order valence-corrected chi connectivity index (χ4v) is 3.89. The van der Waals surface area contributed by atoms with Gasteiger partial charge in [0.25, 0.3) is 5.56 Å². The molecule has 1 aromatic carbocycles. The minimum Gasteiger partial charge on any atom is -0.301 e. The van der Waals surface area contributed by atoms with E-state index in [1.54, 1.807) is 11.8 Å². The lowest BCUT2D eigenvalue weighted by Gasteiger charge is -2.09. The van der Waals surface area contributed by atoms with E-state index in [2.05, 4.69) is 9.97 Å². The average Bonchev–Trinajstić information content (AvgIpc) is 2.95. The monoisotopic (exact) mass is 322 g/mol. The maximum Gasteiger partial charge on any atom is 0.251 e. The lowest BCUT2D eigenvalue weighted by atomic mass is 10.1. The molecular formula is C16H16F2N2OS. The first kappa shape index (κ1) is 15.2. The fraction of sp³-hybridized carbons (Fsp3) is 0.375. The van der Waals surface area contributed by atoms with E-state index >= 15 is 0 Å². The Kier molecular flexibility index (Phi) is 4.57. The largest absolute Gasteiger partial charge is 0.301 e. The minimum atomic E-state index is -0.618. The Bertz CT molecular complexity index is 706. The highest BCUT2D eigenvalue weighted by Gasteiger charge is 2.18. The van der Waals surface area contributed by atoms with Crippen LogP contribution in [0.25, 0.3) is 0 Å². The van der Waals surface area contributed by atoms with Crippen molar-refractivity contribution in [3.63, 3.8) is 0 Å². The van der Waals surface area contributed by atoms with Gasteiger partial charge in [-0.25, -0.2) is 13.8 Å². The maximum absolute atomic E-state index is 13.7. The summed E-state index contributed by atoms with van der Waals surface area (Å²) in [5, 5.41) is 0.995. The first-order chi connectivity index (χ1) is 10.6. The number of thioether (sulfide) groups is 1. The topological polar surface area (TPSA) is 45.8 Å². The number of hydrogen-bond acceptors (Lipinski definition) is 3. The summed E-state index contributed by atoms with van der Waals surface area (Å²) < 4.78 is 27.4. The van der Waals surface area contributed by atoms with Crippen molar-refractivity contribution in [2.45, 2.75) is 42.5 Å². The summed E-state index contributed by atoms with van der Waals surface area (Å²) in [6.45, 7) is 0. The summed E-state index contributed by atoms with van der Waals surface area (Å²) in [5.74, 6) is -1.24. The predicted octanol–water partition coefficient (Wildman–Crippen LogP) is 3.67. The fourth-order valence-electron chi connectivity index (χ4n) is 2.68. The zero-order chi connectivity index (χ0) is 15.5. The molecule has 1 heterocycles. The van der Waals surface area contributed by atoms with E-state index in [0.29, 0.717) is 16.1 Å². The van der Waals surface area contributed by atoms with Crippen molar-refractivity contribution in [3.8, 4) is 0 Å². The van der Waals surface area contributed by atoms with Crippen LogP contribution in [0.1, 0.15) is 36.9 Å². The predicted molar refractivity (Wildman–Crippen MR) is 82.1 cm³/mol. The maximum atomic E-state index is 13.7. The standard InChI is InChI=1S/C16H16F2N2OS/c17-13-6-3-7-14(18)12(13)8-10-9-15(21)20-16(19-10)22-11-4-1-2-5-11/h3,6-7,9,11H,1-2,4-5,8H2,(H,19,20,21). The third-order valence-electron chi connectivity index (χ3n) is 3.77. The third kappa shape index (κ3) is 3.55. The van der Waals surface area contributed by atoms with Gasteiger partial charge in [0.15, 0.2) is 5.16 Å². The Labute approximate surface area is 131 Å². The number of aromatic nitrogens is 2. The molecule has 116 valence electrons. The second-order valence-electron chi connectivity index (χ2n) is 5.44. The molecule has 22 heavy (non-hydrogen) atoms. The van der Waals surface area contributed by atoms with Crippen LogP contribution < -0.4 is 5.56 Å². The Hall–Kier alpha value is -1.69. The van der Waals surface area contributed by atoms with Gasteiger partial charge in [0, 0.05) is 23.3 Å². The first-order valence-corrected chi connectivity index (χ1v) is 8.19. The van der Waals surface area contributed by atoms with Crippen LogP contribution in [0.3, 0.4) is 0 Å². The van der Waals surface area contributed by atoms with E-state index in [-0.39, 0.29) is 17.5 Å². The third-order valence-corrected chi connectivity index (χ3v) is 4.99. The summed E-state index contributed by atoms with van der Waals surface area (Å²) in [6.07, 6.45) is 4.59. The average molecular weight is 322 g/mol. The molecule has 1 N–H and O–H groups in total. The van der Waals surface area contributed by atoms with Gasteiger partial charge in [0.05, 0.1) is 5.69 Å². The zero-order valence-corrected chi connectivity index (χ0v) is 12.8. The number of nitrogens with zero attached hydrogens (tertiary/aromatic N) is 1. The van der Waals surface area contributed by atoms with Crippen LogP contribution in [0.2, 0.25) is 0 Å². The van der Waals surface area contributed by atoms with Gasteiger partial charge in [-0.05, 0) is 25.0 Å². The minimum absolute atomic E-state index is 0.0271. The van der Waals surface area contributed by atoms with Crippen LogP contribution in [0.4, 0.5) is 8.78 Å². The Balaban J connectivity index is 1.84. The van der Waals surface area contributed by atoms with Crippen LogP contribution in [0.5, 0.6) is 0 Å². The zero-order valence-electron chi connectivity index (χ0n) is 11.9. The van der Waals surface area contributed by atoms with Crippen molar-refractivity contribution in [2.75, 3.05) is 0 Å². The molecule has 0 amide bonds. The number of halogens is 2. The molecular weight excluding hydrogens is 306 g/mol. The number of aromatic amines is 1. The van der Waals surface area contributed by atoms with Gasteiger partial charge in [-0.15, -0.1) is 0 Å². The van der Waals surface area contributed by atoms with Gasteiger partial charge in [0.2, 0.25) is 0 Å². The summed E-state index contributed by atoms with van der Waals surface area (Å²) in [6, 6.07) is 5.03. The van der Waals surface area contributed by atoms with E-state index in [4.69, 9.17) is 0 Å². The van der Waals surface area contributed by atoms with Crippen LogP contribution >= 0.6 is 11.8 Å². The molecule has 0 unspecified atom stereocenters. The highest BCUT2D eigenvalue weighted by molar-refractivity contribution is 7.99. The van der Waals surface area contributed by atoms with E-state index in [9.17, 15) is 13.6 Å². The number of hydrogen-bond donors (Lipinski definition) is 1. The molecule has 2 aromatic rings. The van der Waals surface area contributed by atoms with E-state index < -0.39 is 11.6 Å². The molecule has 3 nitrogen and oxygen atoms in total. The van der Waals surface area contributed by atoms with E-state index in [1.165, 1.54) is 37.1 Å². The molecule has 1 fully saturated rings. The number of H-pyrrole nitrogens is 1. The van der Waals surface area contributed by atoms with Gasteiger partial charge < -0.3 is 4.98 Å². The molecule has 0 radical (unpaired) electrons. The van der Waals surface area contributed by atoms with Crippen LogP contribution in [0.15, 0.2) is 34.2 Å². The van der Waals surface area contributed by atoms with Crippen molar-refractivity contribution in [1.82, 2.24) is 9.97 Å². The Morgan fingerprint density at radius 3 is 2.59 bits per heavy atom. The number of benzene rings is 1. The summed E-state index contributed by atoms with van der Waals surface area (Å²) in [7, 11) is 0. The summed E-state index contributed by atoms with van der Waals surface area (Å²) in [5.41, 5.74) is 0.0351. The quantitative estimate of drug-likeness (QED) is 0.874. The molecule has 0 spiro atoms. The highest BCUT2D eigenvalue weighted by Crippen LogP contribution is 2.32.